The minimum absolute atomic E-state index is 0.265. The van der Waals surface area contributed by atoms with E-state index in [1.54, 1.807) is 0 Å². The van der Waals surface area contributed by atoms with Crippen LogP contribution in [0.5, 0.6) is 0 Å². The average Bonchev–Trinajstić information content (AvgIpc) is 2.70. The molecule has 0 N–H and O–H groups in total. The van der Waals surface area contributed by atoms with E-state index in [0.717, 1.165) is 52.1 Å². The van der Waals surface area contributed by atoms with Crippen LogP contribution < -0.4 is 4.90 Å². The van der Waals surface area contributed by atoms with E-state index in [9.17, 15) is 4.79 Å². The highest BCUT2D eigenvalue weighted by molar-refractivity contribution is 5.82. The fourth-order valence-corrected chi connectivity index (χ4v) is 4.04. The summed E-state index contributed by atoms with van der Waals surface area (Å²) in [4.78, 5) is 19.5. The van der Waals surface area contributed by atoms with Gasteiger partial charge < -0.3 is 9.80 Å². The maximum atomic E-state index is 12.8. The Hall–Kier alpha value is -2.33. The number of amides is 1. The monoisotopic (exact) mass is 349 g/mol. The van der Waals surface area contributed by atoms with Crippen molar-refractivity contribution in [2.75, 3.05) is 44.2 Å². The smallest absolute Gasteiger partial charge is 0.242 e. The van der Waals surface area contributed by atoms with Gasteiger partial charge in [0.05, 0.1) is 6.54 Å². The number of fused-ring (bicyclic) bond motifs is 1. The molecule has 0 unspecified atom stereocenters. The molecule has 1 amide bonds. The summed E-state index contributed by atoms with van der Waals surface area (Å²) < 4.78 is 0. The predicted molar refractivity (Wildman–Crippen MR) is 105 cm³/mol. The van der Waals surface area contributed by atoms with Crippen molar-refractivity contribution in [3.05, 3.63) is 65.7 Å². The van der Waals surface area contributed by atoms with Crippen LogP contribution in [0.15, 0.2) is 54.6 Å². The fourth-order valence-electron chi connectivity index (χ4n) is 4.04. The van der Waals surface area contributed by atoms with Crippen molar-refractivity contribution < 1.29 is 4.79 Å². The number of aryl methyl sites for hydroxylation is 1. The number of hydrogen-bond acceptors (Lipinski definition) is 3. The van der Waals surface area contributed by atoms with E-state index < -0.39 is 0 Å². The van der Waals surface area contributed by atoms with Gasteiger partial charge in [-0.2, -0.15) is 0 Å². The lowest BCUT2D eigenvalue weighted by molar-refractivity contribution is -0.131. The number of nitrogens with zero attached hydrogens (tertiary/aromatic N) is 3. The lowest BCUT2D eigenvalue weighted by Crippen LogP contribution is -2.51. The van der Waals surface area contributed by atoms with Gasteiger partial charge in [0, 0.05) is 45.0 Å². The molecule has 2 aliphatic heterocycles. The van der Waals surface area contributed by atoms with Crippen LogP contribution in [0.1, 0.15) is 17.5 Å². The topological polar surface area (TPSA) is 26.8 Å². The van der Waals surface area contributed by atoms with Gasteiger partial charge in [-0.1, -0.05) is 48.5 Å². The van der Waals surface area contributed by atoms with E-state index in [1.165, 1.54) is 16.8 Å². The number of para-hydroxylation sites is 1. The largest absolute Gasteiger partial charge is 0.362 e. The van der Waals surface area contributed by atoms with Gasteiger partial charge in [0.15, 0.2) is 0 Å². The predicted octanol–water partition coefficient (Wildman–Crippen LogP) is 2.78. The van der Waals surface area contributed by atoms with Crippen LogP contribution in [0.4, 0.5) is 5.69 Å². The molecule has 4 heteroatoms. The Kier molecular flexibility index (Phi) is 5.21. The Labute approximate surface area is 156 Å². The number of benzene rings is 2. The highest BCUT2D eigenvalue weighted by Crippen LogP contribution is 2.26. The van der Waals surface area contributed by atoms with Crippen molar-refractivity contribution in [2.24, 2.45) is 0 Å². The second-order valence-corrected chi connectivity index (χ2v) is 7.30. The van der Waals surface area contributed by atoms with Crippen molar-refractivity contribution in [3.8, 4) is 0 Å². The highest BCUT2D eigenvalue weighted by atomic mass is 16.2. The summed E-state index contributed by atoms with van der Waals surface area (Å²) in [5.41, 5.74) is 3.96. The number of piperazine rings is 1. The molecule has 1 fully saturated rings. The minimum atomic E-state index is 0.265. The number of rotatable bonds is 4. The van der Waals surface area contributed by atoms with E-state index in [2.05, 4.69) is 64.4 Å². The normalized spacial score (nSPS) is 17.8. The third kappa shape index (κ3) is 3.91. The van der Waals surface area contributed by atoms with Crippen LogP contribution in [0.2, 0.25) is 0 Å². The Morgan fingerprint density at radius 3 is 2.38 bits per heavy atom. The summed E-state index contributed by atoms with van der Waals surface area (Å²) in [6.45, 7) is 6.05. The lowest BCUT2D eigenvalue weighted by atomic mass is 10.0. The fraction of sp³-hybridized carbons (Fsp3) is 0.409. The minimum Gasteiger partial charge on any atom is -0.362 e. The van der Waals surface area contributed by atoms with Crippen LogP contribution in [0.3, 0.4) is 0 Å². The first-order chi connectivity index (χ1) is 12.8. The number of anilines is 1. The third-order valence-corrected chi connectivity index (χ3v) is 5.51. The second kappa shape index (κ2) is 7.92. The maximum Gasteiger partial charge on any atom is 0.242 e. The van der Waals surface area contributed by atoms with Crippen molar-refractivity contribution >= 4 is 11.6 Å². The Morgan fingerprint density at radius 1 is 0.846 bits per heavy atom. The zero-order chi connectivity index (χ0) is 17.8. The SMILES string of the molecule is O=C(CN1CCCc2ccccc21)N1CCN(Cc2ccccc2)CC1. The average molecular weight is 349 g/mol. The standard InChI is InChI=1S/C22H27N3O/c26-22(18-25-12-6-10-20-9-4-5-11-21(20)25)24-15-13-23(14-16-24)17-19-7-2-1-3-8-19/h1-5,7-9,11H,6,10,12-18H2. The van der Waals surface area contributed by atoms with Gasteiger partial charge in [-0.25, -0.2) is 0 Å². The molecule has 0 aliphatic carbocycles. The molecule has 2 aliphatic rings. The molecule has 4 rings (SSSR count). The van der Waals surface area contributed by atoms with E-state index in [1.807, 2.05) is 4.90 Å². The zero-order valence-corrected chi connectivity index (χ0v) is 15.3. The maximum absolute atomic E-state index is 12.8. The summed E-state index contributed by atoms with van der Waals surface area (Å²) in [6, 6.07) is 19.1. The quantitative estimate of drug-likeness (QED) is 0.849. The van der Waals surface area contributed by atoms with Gasteiger partial charge in [-0.05, 0) is 30.0 Å². The summed E-state index contributed by atoms with van der Waals surface area (Å²) in [7, 11) is 0. The van der Waals surface area contributed by atoms with Crippen LogP contribution in [-0.2, 0) is 17.8 Å². The Morgan fingerprint density at radius 2 is 1.58 bits per heavy atom. The first kappa shape index (κ1) is 17.1. The van der Waals surface area contributed by atoms with Crippen molar-refractivity contribution in [2.45, 2.75) is 19.4 Å². The van der Waals surface area contributed by atoms with Crippen molar-refractivity contribution in [3.63, 3.8) is 0 Å². The molecule has 2 aromatic carbocycles. The molecule has 4 nitrogen and oxygen atoms in total. The Balaban J connectivity index is 1.30. The number of carbonyl (C=O) groups is 1. The summed E-state index contributed by atoms with van der Waals surface area (Å²) in [5.74, 6) is 0.265. The molecular weight excluding hydrogens is 322 g/mol. The number of hydrogen-bond donors (Lipinski definition) is 0. The van der Waals surface area contributed by atoms with E-state index >= 15 is 0 Å². The third-order valence-electron chi connectivity index (χ3n) is 5.51. The van der Waals surface area contributed by atoms with E-state index in [4.69, 9.17) is 0 Å². The molecule has 0 aromatic heterocycles. The molecule has 0 spiro atoms. The van der Waals surface area contributed by atoms with Crippen molar-refractivity contribution in [1.82, 2.24) is 9.80 Å². The molecule has 0 radical (unpaired) electrons. The summed E-state index contributed by atoms with van der Waals surface area (Å²) in [6.07, 6.45) is 2.26. The molecule has 0 saturated carbocycles. The lowest BCUT2D eigenvalue weighted by Gasteiger charge is -2.37. The molecular formula is C22H27N3O. The van der Waals surface area contributed by atoms with Gasteiger partial charge >= 0.3 is 0 Å². The second-order valence-electron chi connectivity index (χ2n) is 7.30. The van der Waals surface area contributed by atoms with Crippen LogP contribution in [-0.4, -0.2) is 55.0 Å². The molecule has 26 heavy (non-hydrogen) atoms. The van der Waals surface area contributed by atoms with E-state index in [-0.39, 0.29) is 5.91 Å². The van der Waals surface area contributed by atoms with Crippen LogP contribution in [0.25, 0.3) is 0 Å². The van der Waals surface area contributed by atoms with Gasteiger partial charge in [-0.3, -0.25) is 9.69 Å². The molecule has 136 valence electrons. The van der Waals surface area contributed by atoms with Crippen LogP contribution >= 0.6 is 0 Å². The van der Waals surface area contributed by atoms with E-state index in [0.29, 0.717) is 6.54 Å². The zero-order valence-electron chi connectivity index (χ0n) is 15.3. The molecule has 1 saturated heterocycles. The first-order valence-corrected chi connectivity index (χ1v) is 9.66. The molecule has 0 bridgehead atoms. The summed E-state index contributed by atoms with van der Waals surface area (Å²) in [5, 5.41) is 0. The van der Waals surface area contributed by atoms with Crippen molar-refractivity contribution in [1.29, 1.82) is 0 Å². The Bertz CT molecular complexity index is 738. The molecule has 0 atom stereocenters. The van der Waals surface area contributed by atoms with Gasteiger partial charge in [0.2, 0.25) is 5.91 Å². The summed E-state index contributed by atoms with van der Waals surface area (Å²) >= 11 is 0. The molecule has 2 aromatic rings. The van der Waals surface area contributed by atoms with Crippen LogP contribution in [0, 0.1) is 0 Å². The van der Waals surface area contributed by atoms with Gasteiger partial charge in [0.25, 0.3) is 0 Å². The molecule has 2 heterocycles. The first-order valence-electron chi connectivity index (χ1n) is 9.66. The number of carbonyl (C=O) groups excluding carboxylic acids is 1. The highest BCUT2D eigenvalue weighted by Gasteiger charge is 2.24. The van der Waals surface area contributed by atoms with Gasteiger partial charge in [0.1, 0.15) is 0 Å². The van der Waals surface area contributed by atoms with Gasteiger partial charge in [-0.15, -0.1) is 0 Å².